The molecular weight excluding hydrogens is 294 g/mol. The van der Waals surface area contributed by atoms with Crippen LogP contribution < -0.4 is 0 Å². The van der Waals surface area contributed by atoms with Gasteiger partial charge in [-0.15, -0.1) is 0 Å². The summed E-state index contributed by atoms with van der Waals surface area (Å²) in [5.41, 5.74) is 0. The van der Waals surface area contributed by atoms with Gasteiger partial charge in [-0.1, -0.05) is 42.6 Å². The Morgan fingerprint density at radius 3 is 2.11 bits per heavy atom. The van der Waals surface area contributed by atoms with Crippen molar-refractivity contribution in [3.63, 3.8) is 0 Å². The zero-order valence-electron chi connectivity index (χ0n) is 11.7. The van der Waals surface area contributed by atoms with Crippen LogP contribution in [-0.2, 0) is 0 Å². The van der Waals surface area contributed by atoms with Crippen molar-refractivity contribution < 1.29 is 10.2 Å². The molecule has 0 aromatic carbocycles. The summed E-state index contributed by atoms with van der Waals surface area (Å²) in [5.74, 6) is 0. The molecule has 0 aliphatic heterocycles. The second-order valence-electron chi connectivity index (χ2n) is 5.38. The Hall–Kier alpha value is 0.360. The van der Waals surface area contributed by atoms with E-state index in [1.807, 2.05) is 0 Å². The summed E-state index contributed by atoms with van der Waals surface area (Å²) in [6, 6.07) is -0.0961. The maximum absolute atomic E-state index is 10.3. The van der Waals surface area contributed by atoms with Crippen LogP contribution in [0.2, 0.25) is 0 Å². The number of aliphatic hydroxyl groups is 2. The lowest BCUT2D eigenvalue weighted by molar-refractivity contribution is -0.0527. The summed E-state index contributed by atoms with van der Waals surface area (Å²) in [7, 11) is 0. The largest absolute Gasteiger partial charge is 0.391 e. The summed E-state index contributed by atoms with van der Waals surface area (Å²) >= 11 is 3.54. The number of nitrogens with zero attached hydrogens (tertiary/aromatic N) is 1. The van der Waals surface area contributed by atoms with Gasteiger partial charge in [0.05, 0.1) is 18.2 Å². The third-order valence-electron chi connectivity index (χ3n) is 3.87. The average Bonchev–Trinajstić information content (AvgIpc) is 2.36. The van der Waals surface area contributed by atoms with Gasteiger partial charge < -0.3 is 10.2 Å². The predicted octanol–water partition coefficient (Wildman–Crippen LogP) is 2.54. The fraction of sp³-hybridized carbons (Fsp3) is 1.00. The van der Waals surface area contributed by atoms with Gasteiger partial charge in [0.2, 0.25) is 0 Å². The Balaban J connectivity index is 2.66. The lowest BCUT2D eigenvalue weighted by Crippen LogP contribution is -2.57. The molecule has 2 N–H and O–H groups in total. The molecule has 0 aromatic heterocycles. The highest BCUT2D eigenvalue weighted by molar-refractivity contribution is 9.09. The van der Waals surface area contributed by atoms with Crippen molar-refractivity contribution >= 4 is 15.9 Å². The van der Waals surface area contributed by atoms with E-state index < -0.39 is 6.10 Å². The van der Waals surface area contributed by atoms with Crippen LogP contribution in [0.5, 0.6) is 0 Å². The first-order chi connectivity index (χ1) is 8.61. The quantitative estimate of drug-likeness (QED) is 0.708. The van der Waals surface area contributed by atoms with Gasteiger partial charge in [-0.25, -0.2) is 0 Å². The zero-order valence-corrected chi connectivity index (χ0v) is 13.3. The first kappa shape index (κ1) is 16.4. The summed E-state index contributed by atoms with van der Waals surface area (Å²) < 4.78 is 0. The van der Waals surface area contributed by atoms with Gasteiger partial charge in [0, 0.05) is 4.83 Å². The van der Waals surface area contributed by atoms with Crippen LogP contribution in [0.25, 0.3) is 0 Å². The second kappa shape index (κ2) is 8.51. The van der Waals surface area contributed by atoms with Gasteiger partial charge in [0.1, 0.15) is 0 Å². The number of halogens is 1. The van der Waals surface area contributed by atoms with Crippen molar-refractivity contribution in [3.8, 4) is 0 Å². The topological polar surface area (TPSA) is 43.7 Å². The van der Waals surface area contributed by atoms with Gasteiger partial charge >= 0.3 is 0 Å². The molecule has 18 heavy (non-hydrogen) atoms. The number of unbranched alkanes of at least 4 members (excludes halogenated alkanes) is 2. The Labute approximate surface area is 120 Å². The number of aliphatic hydroxyl groups excluding tert-OH is 2. The van der Waals surface area contributed by atoms with Crippen LogP contribution >= 0.6 is 15.9 Å². The van der Waals surface area contributed by atoms with Crippen LogP contribution in [0, 0.1) is 0 Å². The molecule has 3 nitrogen and oxygen atoms in total. The van der Waals surface area contributed by atoms with E-state index in [4.69, 9.17) is 0 Å². The third kappa shape index (κ3) is 4.48. The minimum absolute atomic E-state index is 0.0961. The molecule has 0 aromatic rings. The van der Waals surface area contributed by atoms with E-state index in [1.165, 1.54) is 0 Å². The molecule has 4 atom stereocenters. The van der Waals surface area contributed by atoms with Gasteiger partial charge in [0.25, 0.3) is 0 Å². The standard InChI is InChI=1S/C14H28BrNO2/c1-3-5-9-16(10-6-4-2)13-12(17)8-7-11(15)14(13)18/h11-14,17-18H,3-10H2,1-2H3/t11-,12+,13-,14+/m0/s1. The van der Waals surface area contributed by atoms with Crippen molar-refractivity contribution in [2.75, 3.05) is 13.1 Å². The maximum atomic E-state index is 10.3. The van der Waals surface area contributed by atoms with Crippen molar-refractivity contribution in [1.29, 1.82) is 0 Å². The van der Waals surface area contributed by atoms with E-state index in [0.717, 1.165) is 51.6 Å². The molecule has 0 radical (unpaired) electrons. The third-order valence-corrected chi connectivity index (χ3v) is 4.87. The lowest BCUT2D eigenvalue weighted by atomic mass is 9.88. The van der Waals surface area contributed by atoms with Crippen LogP contribution in [0.15, 0.2) is 0 Å². The monoisotopic (exact) mass is 321 g/mol. The predicted molar refractivity (Wildman–Crippen MR) is 79.1 cm³/mol. The summed E-state index contributed by atoms with van der Waals surface area (Å²) in [4.78, 5) is 2.42. The number of alkyl halides is 1. The second-order valence-corrected chi connectivity index (χ2v) is 6.56. The molecule has 1 saturated carbocycles. The van der Waals surface area contributed by atoms with Gasteiger partial charge in [-0.2, -0.15) is 0 Å². The minimum atomic E-state index is -0.456. The Bertz CT molecular complexity index is 220. The molecule has 108 valence electrons. The molecule has 1 aliphatic rings. The molecule has 1 rings (SSSR count). The molecule has 1 fully saturated rings. The van der Waals surface area contributed by atoms with Gasteiger partial charge in [0.15, 0.2) is 0 Å². The highest BCUT2D eigenvalue weighted by Gasteiger charge is 2.39. The van der Waals surface area contributed by atoms with Crippen LogP contribution in [0.4, 0.5) is 0 Å². The highest BCUT2D eigenvalue weighted by atomic mass is 79.9. The van der Waals surface area contributed by atoms with E-state index in [9.17, 15) is 10.2 Å². The Morgan fingerprint density at radius 2 is 1.61 bits per heavy atom. The van der Waals surface area contributed by atoms with Crippen molar-refractivity contribution in [1.82, 2.24) is 4.90 Å². The normalized spacial score (nSPS) is 33.0. The molecule has 0 spiro atoms. The first-order valence-electron chi connectivity index (χ1n) is 7.36. The van der Waals surface area contributed by atoms with Crippen molar-refractivity contribution in [2.45, 2.75) is 75.4 Å². The molecule has 1 aliphatic carbocycles. The van der Waals surface area contributed by atoms with E-state index in [0.29, 0.717) is 0 Å². The summed E-state index contributed by atoms with van der Waals surface area (Å²) in [6.07, 6.45) is 5.36. The van der Waals surface area contributed by atoms with Crippen molar-refractivity contribution in [2.24, 2.45) is 0 Å². The maximum Gasteiger partial charge on any atom is 0.0845 e. The SMILES string of the molecule is CCCCN(CCCC)[C@@H]1[C@H](O)[C@@H](Br)CC[C@H]1O. The smallest absolute Gasteiger partial charge is 0.0845 e. The number of hydrogen-bond donors (Lipinski definition) is 2. The molecule has 0 saturated heterocycles. The molecule has 4 heteroatoms. The molecule has 0 bridgehead atoms. The first-order valence-corrected chi connectivity index (χ1v) is 8.27. The van der Waals surface area contributed by atoms with Crippen LogP contribution in [-0.4, -0.2) is 51.3 Å². The molecule has 0 amide bonds. The van der Waals surface area contributed by atoms with E-state index >= 15 is 0 Å². The van der Waals surface area contributed by atoms with Crippen molar-refractivity contribution in [3.05, 3.63) is 0 Å². The van der Waals surface area contributed by atoms with E-state index in [2.05, 4.69) is 34.7 Å². The van der Waals surface area contributed by atoms with Gasteiger partial charge in [-0.3, -0.25) is 4.90 Å². The fourth-order valence-corrected chi connectivity index (χ4v) is 3.28. The number of rotatable bonds is 7. The Morgan fingerprint density at radius 1 is 1.06 bits per heavy atom. The fourth-order valence-electron chi connectivity index (χ4n) is 2.70. The summed E-state index contributed by atoms with van der Waals surface area (Å²) in [6.45, 7) is 6.32. The summed E-state index contributed by atoms with van der Waals surface area (Å²) in [5, 5.41) is 20.5. The molecule has 0 unspecified atom stereocenters. The molecule has 0 heterocycles. The average molecular weight is 322 g/mol. The molecular formula is C14H28BrNO2. The van der Waals surface area contributed by atoms with E-state index in [-0.39, 0.29) is 17.0 Å². The Kier molecular flexibility index (Phi) is 7.76. The van der Waals surface area contributed by atoms with Crippen LogP contribution in [0.3, 0.4) is 0 Å². The highest BCUT2D eigenvalue weighted by Crippen LogP contribution is 2.29. The number of hydrogen-bond acceptors (Lipinski definition) is 3. The van der Waals surface area contributed by atoms with E-state index in [1.54, 1.807) is 0 Å². The zero-order chi connectivity index (χ0) is 13.5. The van der Waals surface area contributed by atoms with Gasteiger partial charge in [-0.05, 0) is 38.8 Å². The minimum Gasteiger partial charge on any atom is -0.391 e. The van der Waals surface area contributed by atoms with Crippen LogP contribution in [0.1, 0.15) is 52.4 Å². The lowest BCUT2D eigenvalue weighted by Gasteiger charge is -2.43.